The summed E-state index contributed by atoms with van der Waals surface area (Å²) in [7, 11) is 1.54. The predicted molar refractivity (Wildman–Crippen MR) is 95.5 cm³/mol. The number of aliphatic hydroxyl groups is 1. The minimum atomic E-state index is 0.00141. The van der Waals surface area contributed by atoms with Gasteiger partial charge >= 0.3 is 0 Å². The van der Waals surface area contributed by atoms with Crippen molar-refractivity contribution in [3.63, 3.8) is 0 Å². The van der Waals surface area contributed by atoms with Crippen molar-refractivity contribution >= 4 is 11.3 Å². The molecule has 2 heterocycles. The lowest BCUT2D eigenvalue weighted by atomic mass is 9.83. The molecule has 0 radical (unpaired) electrons. The first-order valence-corrected chi connectivity index (χ1v) is 9.06. The van der Waals surface area contributed by atoms with Crippen LogP contribution in [0.25, 0.3) is 10.6 Å². The smallest absolute Gasteiger partial charge is 0.161 e. The van der Waals surface area contributed by atoms with Crippen LogP contribution < -0.4 is 4.74 Å². The number of thiazole rings is 1. The lowest BCUT2D eigenvalue weighted by Crippen LogP contribution is -2.43. The van der Waals surface area contributed by atoms with Crippen LogP contribution in [0.3, 0.4) is 0 Å². The number of piperidine rings is 1. The van der Waals surface area contributed by atoms with Crippen molar-refractivity contribution in [3.8, 4) is 22.1 Å². The quantitative estimate of drug-likeness (QED) is 0.869. The van der Waals surface area contributed by atoms with E-state index < -0.39 is 0 Å². The number of nitrogens with zero attached hydrogens (tertiary/aromatic N) is 2. The topological polar surface area (TPSA) is 65.8 Å². The van der Waals surface area contributed by atoms with Gasteiger partial charge in [-0.25, -0.2) is 4.98 Å². The van der Waals surface area contributed by atoms with Crippen LogP contribution in [0.2, 0.25) is 0 Å². The third kappa shape index (κ3) is 3.71. The predicted octanol–water partition coefficient (Wildman–Crippen LogP) is 3.12. The Kier molecular flexibility index (Phi) is 5.08. The number of phenols is 1. The average Bonchev–Trinajstić information content (AvgIpc) is 3.04. The van der Waals surface area contributed by atoms with Crippen LogP contribution in [-0.2, 0) is 6.54 Å². The summed E-state index contributed by atoms with van der Waals surface area (Å²) >= 11 is 1.60. The van der Waals surface area contributed by atoms with E-state index in [0.29, 0.717) is 5.75 Å². The van der Waals surface area contributed by atoms with Crippen LogP contribution in [0, 0.1) is 5.41 Å². The number of phenolic OH excluding ortho intramolecular Hbond substituents is 1. The monoisotopic (exact) mass is 348 g/mol. The second kappa shape index (κ2) is 7.09. The fraction of sp³-hybridized carbons (Fsp3) is 0.500. The van der Waals surface area contributed by atoms with Crippen LogP contribution in [0.4, 0.5) is 0 Å². The molecule has 0 aliphatic carbocycles. The highest BCUT2D eigenvalue weighted by atomic mass is 32.1. The summed E-state index contributed by atoms with van der Waals surface area (Å²) in [5.74, 6) is 0.591. The molecule has 1 saturated heterocycles. The number of hydrogen-bond donors (Lipinski definition) is 2. The van der Waals surface area contributed by atoms with Crippen molar-refractivity contribution in [3.05, 3.63) is 29.3 Å². The zero-order valence-electron chi connectivity index (χ0n) is 14.2. The molecule has 6 heteroatoms. The zero-order chi connectivity index (χ0) is 17.2. The van der Waals surface area contributed by atoms with Crippen molar-refractivity contribution in [2.24, 2.45) is 5.41 Å². The molecule has 0 bridgehead atoms. The molecule has 1 aliphatic rings. The lowest BCUT2D eigenvalue weighted by Gasteiger charge is -2.39. The van der Waals surface area contributed by atoms with E-state index in [1.165, 1.54) is 0 Å². The molecule has 1 aromatic carbocycles. The first kappa shape index (κ1) is 17.2. The van der Waals surface area contributed by atoms with Gasteiger partial charge in [-0.05, 0) is 37.6 Å². The maximum atomic E-state index is 9.71. The van der Waals surface area contributed by atoms with Gasteiger partial charge in [0.15, 0.2) is 11.5 Å². The molecule has 2 N–H and O–H groups in total. The zero-order valence-corrected chi connectivity index (χ0v) is 15.0. The number of aromatic hydroxyl groups is 1. The minimum Gasteiger partial charge on any atom is -0.504 e. The third-order valence-electron chi connectivity index (χ3n) is 4.61. The van der Waals surface area contributed by atoms with E-state index in [-0.39, 0.29) is 17.8 Å². The minimum absolute atomic E-state index is 0.00141. The van der Waals surface area contributed by atoms with Gasteiger partial charge in [-0.1, -0.05) is 6.92 Å². The molecule has 24 heavy (non-hydrogen) atoms. The number of ether oxygens (including phenoxy) is 1. The maximum Gasteiger partial charge on any atom is 0.161 e. The summed E-state index contributed by atoms with van der Waals surface area (Å²) in [6.45, 7) is 5.15. The van der Waals surface area contributed by atoms with E-state index in [2.05, 4.69) is 17.2 Å². The van der Waals surface area contributed by atoms with Crippen molar-refractivity contribution in [1.29, 1.82) is 0 Å². The molecule has 1 aromatic heterocycles. The molecular weight excluding hydrogens is 324 g/mol. The molecule has 1 aliphatic heterocycles. The Balaban J connectivity index is 1.72. The molecule has 1 atom stereocenters. The summed E-state index contributed by atoms with van der Waals surface area (Å²) in [5.41, 5.74) is 1.99. The summed E-state index contributed by atoms with van der Waals surface area (Å²) in [6, 6.07) is 5.29. The molecule has 2 aromatic rings. The third-order valence-corrected chi connectivity index (χ3v) is 5.55. The van der Waals surface area contributed by atoms with Gasteiger partial charge in [0.25, 0.3) is 0 Å². The van der Waals surface area contributed by atoms with Gasteiger partial charge in [-0.2, -0.15) is 0 Å². The Morgan fingerprint density at radius 2 is 2.25 bits per heavy atom. The second-order valence-corrected chi connectivity index (χ2v) is 7.67. The van der Waals surface area contributed by atoms with Gasteiger partial charge < -0.3 is 14.9 Å². The number of aliphatic hydroxyl groups excluding tert-OH is 1. The number of likely N-dealkylation sites (tertiary alicyclic amines) is 1. The highest BCUT2D eigenvalue weighted by Gasteiger charge is 2.30. The summed E-state index contributed by atoms with van der Waals surface area (Å²) in [6.07, 6.45) is 2.19. The van der Waals surface area contributed by atoms with Crippen LogP contribution in [0.5, 0.6) is 11.5 Å². The van der Waals surface area contributed by atoms with Crippen LogP contribution in [0.1, 0.15) is 25.5 Å². The van der Waals surface area contributed by atoms with Crippen LogP contribution in [-0.4, -0.2) is 46.9 Å². The molecule has 1 fully saturated rings. The lowest BCUT2D eigenvalue weighted by molar-refractivity contribution is 0.0424. The Bertz CT molecular complexity index is 703. The highest BCUT2D eigenvalue weighted by Crippen LogP contribution is 2.34. The number of aromatic nitrogens is 1. The fourth-order valence-electron chi connectivity index (χ4n) is 3.24. The number of methoxy groups -OCH3 is 1. The van der Waals surface area contributed by atoms with Gasteiger partial charge in [0.1, 0.15) is 5.01 Å². The first-order chi connectivity index (χ1) is 11.5. The highest BCUT2D eigenvalue weighted by molar-refractivity contribution is 7.13. The van der Waals surface area contributed by atoms with Gasteiger partial charge in [-0.3, -0.25) is 4.90 Å². The van der Waals surface area contributed by atoms with Crippen LogP contribution >= 0.6 is 11.3 Å². The summed E-state index contributed by atoms with van der Waals surface area (Å²) in [4.78, 5) is 7.10. The van der Waals surface area contributed by atoms with Crippen molar-refractivity contribution < 1.29 is 14.9 Å². The standard InChI is InChI=1S/C18H24N2O3S/c1-18(12-21)6-3-7-20(11-18)9-14-10-24-17(19-14)13-4-5-15(22)16(8-13)23-2/h4-5,8,10,21-22H,3,6-7,9,11-12H2,1-2H3. The number of benzene rings is 1. The average molecular weight is 348 g/mol. The summed E-state index contributed by atoms with van der Waals surface area (Å²) < 4.78 is 5.17. The Morgan fingerprint density at radius 1 is 1.42 bits per heavy atom. The normalized spacial score (nSPS) is 21.8. The maximum absolute atomic E-state index is 9.71. The van der Waals surface area contributed by atoms with Crippen molar-refractivity contribution in [2.75, 3.05) is 26.8 Å². The Labute approximate surface area is 146 Å². The van der Waals surface area contributed by atoms with E-state index in [4.69, 9.17) is 9.72 Å². The second-order valence-electron chi connectivity index (χ2n) is 6.81. The van der Waals surface area contributed by atoms with Crippen molar-refractivity contribution in [1.82, 2.24) is 9.88 Å². The van der Waals surface area contributed by atoms with Gasteiger partial charge in [0.05, 0.1) is 12.8 Å². The molecule has 130 valence electrons. The number of rotatable bonds is 5. The van der Waals surface area contributed by atoms with Gasteiger partial charge in [-0.15, -0.1) is 11.3 Å². The molecule has 5 nitrogen and oxygen atoms in total. The molecule has 1 unspecified atom stereocenters. The van der Waals surface area contributed by atoms with Gasteiger partial charge in [0, 0.05) is 36.1 Å². The Morgan fingerprint density at radius 3 is 3.00 bits per heavy atom. The Hall–Kier alpha value is -1.63. The SMILES string of the molecule is COc1cc(-c2nc(CN3CCCC(C)(CO)C3)cs2)ccc1O. The molecular formula is C18H24N2O3S. The number of hydrogen-bond acceptors (Lipinski definition) is 6. The fourth-order valence-corrected chi connectivity index (χ4v) is 4.05. The molecule has 3 rings (SSSR count). The largest absolute Gasteiger partial charge is 0.504 e. The van der Waals surface area contributed by atoms with E-state index in [0.717, 1.165) is 48.7 Å². The van der Waals surface area contributed by atoms with E-state index in [1.807, 2.05) is 12.1 Å². The van der Waals surface area contributed by atoms with Gasteiger partial charge in [0.2, 0.25) is 0 Å². The van der Waals surface area contributed by atoms with E-state index in [1.54, 1.807) is 24.5 Å². The van der Waals surface area contributed by atoms with E-state index in [9.17, 15) is 10.2 Å². The summed E-state index contributed by atoms with van der Waals surface area (Å²) in [5, 5.41) is 22.3. The molecule has 0 spiro atoms. The van der Waals surface area contributed by atoms with Crippen molar-refractivity contribution in [2.45, 2.75) is 26.3 Å². The van der Waals surface area contributed by atoms with E-state index >= 15 is 0 Å². The molecule has 0 amide bonds. The van der Waals surface area contributed by atoms with Crippen LogP contribution in [0.15, 0.2) is 23.6 Å². The molecule has 0 saturated carbocycles. The first-order valence-electron chi connectivity index (χ1n) is 8.18.